The molecular formula is C27H32N2O7. The van der Waals surface area contributed by atoms with Crippen LogP contribution in [0.25, 0.3) is 5.76 Å². The predicted molar refractivity (Wildman–Crippen MR) is 134 cm³/mol. The van der Waals surface area contributed by atoms with Gasteiger partial charge < -0.3 is 29.1 Å². The Morgan fingerprint density at radius 1 is 1.03 bits per heavy atom. The second-order valence-corrected chi connectivity index (χ2v) is 8.25. The van der Waals surface area contributed by atoms with E-state index in [-0.39, 0.29) is 34.9 Å². The van der Waals surface area contributed by atoms with E-state index in [0.29, 0.717) is 17.9 Å². The van der Waals surface area contributed by atoms with Gasteiger partial charge in [-0.25, -0.2) is 0 Å². The fraction of sp³-hybridized carbons (Fsp3) is 0.370. The smallest absolute Gasteiger partial charge is 0.308 e. The lowest BCUT2D eigenvalue weighted by molar-refractivity contribution is -0.140. The lowest BCUT2D eigenvalue weighted by atomic mass is 9.94. The average molecular weight is 497 g/mol. The second kappa shape index (κ2) is 11.7. The summed E-state index contributed by atoms with van der Waals surface area (Å²) in [6, 6.07) is 10.5. The Labute approximate surface area is 210 Å². The Morgan fingerprint density at radius 3 is 2.36 bits per heavy atom. The van der Waals surface area contributed by atoms with Crippen LogP contribution in [-0.2, 0) is 14.4 Å². The van der Waals surface area contributed by atoms with Gasteiger partial charge in [0.2, 0.25) is 0 Å². The minimum atomic E-state index is -0.886. The molecule has 0 saturated carbocycles. The van der Waals surface area contributed by atoms with Crippen molar-refractivity contribution in [1.29, 1.82) is 0 Å². The van der Waals surface area contributed by atoms with Gasteiger partial charge in [-0.05, 0) is 42.9 Å². The van der Waals surface area contributed by atoms with E-state index in [9.17, 15) is 19.5 Å². The third kappa shape index (κ3) is 5.52. The van der Waals surface area contributed by atoms with Crippen LogP contribution in [-0.4, -0.2) is 73.0 Å². The molecule has 0 aliphatic carbocycles. The number of hydrogen-bond acceptors (Lipinski definition) is 8. The molecule has 3 rings (SSSR count). The first kappa shape index (κ1) is 26.7. The summed E-state index contributed by atoms with van der Waals surface area (Å²) in [6.07, 6.45) is 0. The summed E-state index contributed by atoms with van der Waals surface area (Å²) in [5.41, 5.74) is 0.714. The highest BCUT2D eigenvalue weighted by Gasteiger charge is 2.46. The number of benzene rings is 2. The van der Waals surface area contributed by atoms with Crippen molar-refractivity contribution in [1.82, 2.24) is 9.80 Å². The first-order valence-electron chi connectivity index (χ1n) is 11.8. The van der Waals surface area contributed by atoms with E-state index in [1.807, 2.05) is 13.8 Å². The number of likely N-dealkylation sites (tertiary alicyclic amines) is 1. The van der Waals surface area contributed by atoms with Crippen molar-refractivity contribution in [3.05, 3.63) is 59.2 Å². The minimum absolute atomic E-state index is 0.0667. The second-order valence-electron chi connectivity index (χ2n) is 8.25. The van der Waals surface area contributed by atoms with E-state index >= 15 is 0 Å². The number of esters is 1. The maximum absolute atomic E-state index is 13.3. The zero-order chi connectivity index (χ0) is 26.4. The van der Waals surface area contributed by atoms with Gasteiger partial charge in [0.05, 0.1) is 31.4 Å². The molecule has 0 aromatic heterocycles. The maximum Gasteiger partial charge on any atom is 0.308 e. The zero-order valence-corrected chi connectivity index (χ0v) is 21.2. The van der Waals surface area contributed by atoms with Crippen molar-refractivity contribution in [3.8, 4) is 17.2 Å². The molecule has 1 atom stereocenters. The minimum Gasteiger partial charge on any atom is -0.507 e. The molecule has 0 radical (unpaired) electrons. The van der Waals surface area contributed by atoms with Crippen LogP contribution in [0, 0.1) is 0 Å². The number of likely N-dealkylation sites (N-methyl/N-ethyl adjacent to an activating group) is 1. The SMILES string of the molecule is CCN(CC)CCN1C(=O)C(=O)/C(=C(/O)c2ccc(OC)cc2OC)C1c1cccc(OC(C)=O)c1. The fourth-order valence-electron chi connectivity index (χ4n) is 4.30. The molecule has 1 unspecified atom stereocenters. The van der Waals surface area contributed by atoms with E-state index < -0.39 is 23.7 Å². The normalized spacial score (nSPS) is 16.9. The van der Waals surface area contributed by atoms with Gasteiger partial charge in [0.25, 0.3) is 11.7 Å². The number of Topliss-reactive ketones (excluding diaryl/α,β-unsaturated/α-hetero) is 1. The van der Waals surface area contributed by atoms with Crippen molar-refractivity contribution in [2.24, 2.45) is 0 Å². The summed E-state index contributed by atoms with van der Waals surface area (Å²) in [7, 11) is 2.94. The lowest BCUT2D eigenvalue weighted by Crippen LogP contribution is -2.38. The van der Waals surface area contributed by atoms with Crippen LogP contribution in [0.15, 0.2) is 48.0 Å². The number of hydrogen-bond donors (Lipinski definition) is 1. The topological polar surface area (TPSA) is 106 Å². The van der Waals surface area contributed by atoms with Gasteiger partial charge in [0.1, 0.15) is 23.0 Å². The Bertz CT molecular complexity index is 1170. The van der Waals surface area contributed by atoms with Gasteiger partial charge in [-0.3, -0.25) is 14.4 Å². The molecule has 2 aromatic rings. The van der Waals surface area contributed by atoms with Crippen LogP contribution >= 0.6 is 0 Å². The molecule has 2 aromatic carbocycles. The summed E-state index contributed by atoms with van der Waals surface area (Å²) in [6.45, 7) is 7.73. The van der Waals surface area contributed by atoms with E-state index in [2.05, 4.69) is 4.90 Å². The number of ether oxygens (including phenoxy) is 3. The number of nitrogens with zero attached hydrogens (tertiary/aromatic N) is 2. The third-order valence-corrected chi connectivity index (χ3v) is 6.19. The standard InChI is InChI=1S/C27H32N2O7/c1-6-28(7-2)13-14-29-24(18-9-8-10-20(15-18)36-17(3)30)23(26(32)27(29)33)25(31)21-12-11-19(34-4)16-22(21)35-5/h8-12,15-16,24,31H,6-7,13-14H2,1-5H3/b25-23+. The number of aliphatic hydroxyl groups excluding tert-OH is 1. The Kier molecular flexibility index (Phi) is 8.71. The van der Waals surface area contributed by atoms with Crippen molar-refractivity contribution in [3.63, 3.8) is 0 Å². The molecule has 1 aliphatic rings. The lowest BCUT2D eigenvalue weighted by Gasteiger charge is -2.28. The van der Waals surface area contributed by atoms with Crippen molar-refractivity contribution in [2.45, 2.75) is 26.8 Å². The highest BCUT2D eigenvalue weighted by Crippen LogP contribution is 2.42. The van der Waals surface area contributed by atoms with Crippen LogP contribution in [0.2, 0.25) is 0 Å². The monoisotopic (exact) mass is 496 g/mol. The summed E-state index contributed by atoms with van der Waals surface area (Å²) >= 11 is 0. The van der Waals surface area contributed by atoms with Gasteiger partial charge in [-0.2, -0.15) is 0 Å². The number of rotatable bonds is 10. The largest absolute Gasteiger partial charge is 0.507 e. The van der Waals surface area contributed by atoms with Gasteiger partial charge in [-0.1, -0.05) is 26.0 Å². The first-order valence-corrected chi connectivity index (χ1v) is 11.8. The molecule has 1 heterocycles. The summed E-state index contributed by atoms with van der Waals surface area (Å²) in [5, 5.41) is 11.4. The molecule has 0 bridgehead atoms. The molecule has 1 aliphatic heterocycles. The molecule has 192 valence electrons. The van der Waals surface area contributed by atoms with Crippen LogP contribution < -0.4 is 14.2 Å². The molecule has 36 heavy (non-hydrogen) atoms. The quantitative estimate of drug-likeness (QED) is 0.175. The van der Waals surface area contributed by atoms with Gasteiger partial charge in [0, 0.05) is 26.1 Å². The summed E-state index contributed by atoms with van der Waals surface area (Å²) in [4.78, 5) is 41.6. The molecule has 1 amide bonds. The summed E-state index contributed by atoms with van der Waals surface area (Å²) < 4.78 is 15.9. The Balaban J connectivity index is 2.18. The molecule has 1 N–H and O–H groups in total. The number of amides is 1. The highest BCUT2D eigenvalue weighted by atomic mass is 16.5. The van der Waals surface area contributed by atoms with Gasteiger partial charge >= 0.3 is 5.97 Å². The van der Waals surface area contributed by atoms with Gasteiger partial charge in [-0.15, -0.1) is 0 Å². The van der Waals surface area contributed by atoms with Crippen LogP contribution in [0.5, 0.6) is 17.2 Å². The van der Waals surface area contributed by atoms with Crippen LogP contribution in [0.4, 0.5) is 0 Å². The number of carbonyl (C=O) groups excluding carboxylic acids is 3. The summed E-state index contributed by atoms with van der Waals surface area (Å²) in [5.74, 6) is -1.29. The zero-order valence-electron chi connectivity index (χ0n) is 21.2. The predicted octanol–water partition coefficient (Wildman–Crippen LogP) is 3.39. The van der Waals surface area contributed by atoms with Crippen LogP contribution in [0.1, 0.15) is 37.9 Å². The number of ketones is 1. The highest BCUT2D eigenvalue weighted by molar-refractivity contribution is 6.46. The number of aliphatic hydroxyl groups is 1. The maximum atomic E-state index is 13.3. The van der Waals surface area contributed by atoms with Crippen molar-refractivity contribution >= 4 is 23.4 Å². The number of methoxy groups -OCH3 is 2. The van der Waals surface area contributed by atoms with Crippen molar-refractivity contribution < 1.29 is 33.7 Å². The van der Waals surface area contributed by atoms with Gasteiger partial charge in [0.15, 0.2) is 0 Å². The van der Waals surface area contributed by atoms with E-state index in [0.717, 1.165) is 13.1 Å². The van der Waals surface area contributed by atoms with E-state index in [4.69, 9.17) is 14.2 Å². The molecular weight excluding hydrogens is 464 g/mol. The third-order valence-electron chi connectivity index (χ3n) is 6.19. The molecule has 9 heteroatoms. The first-order chi connectivity index (χ1) is 17.2. The molecule has 1 fully saturated rings. The van der Waals surface area contributed by atoms with E-state index in [1.165, 1.54) is 26.0 Å². The fourth-order valence-corrected chi connectivity index (χ4v) is 4.30. The Hall–Kier alpha value is -3.85. The Morgan fingerprint density at radius 2 is 1.75 bits per heavy atom. The van der Waals surface area contributed by atoms with Crippen molar-refractivity contribution in [2.75, 3.05) is 40.4 Å². The molecule has 0 spiro atoms. The molecule has 9 nitrogen and oxygen atoms in total. The molecule has 1 saturated heterocycles. The average Bonchev–Trinajstić information content (AvgIpc) is 3.13. The van der Waals surface area contributed by atoms with Crippen LogP contribution in [0.3, 0.4) is 0 Å². The van der Waals surface area contributed by atoms with E-state index in [1.54, 1.807) is 42.5 Å². The number of carbonyl (C=O) groups is 3.